The number of allylic oxidation sites excluding steroid dienone is 4. The Labute approximate surface area is 187 Å². The van der Waals surface area contributed by atoms with Crippen LogP contribution in [0, 0.1) is 0 Å². The first kappa shape index (κ1) is 22.9. The topological polar surface area (TPSA) is 26.3 Å². The minimum atomic E-state index is -1.87. The summed E-state index contributed by atoms with van der Waals surface area (Å²) in [6, 6.07) is 9.66. The van der Waals surface area contributed by atoms with Crippen LogP contribution >= 0.6 is 0 Å². The Morgan fingerprint density at radius 2 is 1.63 bits per heavy atom. The number of Topliss-reactive ketones (excluding diaryl/α,β-unsaturated/α-hetero) is 1. The zero-order valence-electron chi connectivity index (χ0n) is 16.3. The number of fused-ring (bicyclic) bond motifs is 4. The summed E-state index contributed by atoms with van der Waals surface area (Å²) in [6.45, 7) is 11.1. The van der Waals surface area contributed by atoms with Gasteiger partial charge in [0.1, 0.15) is 0 Å². The second kappa shape index (κ2) is 7.47. The van der Waals surface area contributed by atoms with E-state index < -0.39 is 16.4 Å². The van der Waals surface area contributed by atoms with Crippen LogP contribution in [-0.4, -0.2) is 22.2 Å². The molecule has 0 fully saturated rings. The molecule has 3 aliphatic rings. The predicted octanol–water partition coefficient (Wildman–Crippen LogP) is -1.01. The minimum absolute atomic E-state index is 0. The van der Waals surface area contributed by atoms with Gasteiger partial charge in [0.2, 0.25) is 0 Å². The van der Waals surface area contributed by atoms with Crippen molar-refractivity contribution in [3.63, 3.8) is 0 Å². The fraction of sp³-hybridized carbons (Fsp3) is 0.350. The number of ketones is 1. The van der Waals surface area contributed by atoms with Crippen LogP contribution in [0.1, 0.15) is 24.5 Å². The van der Waals surface area contributed by atoms with E-state index in [1.165, 1.54) is 31.8 Å². The van der Waals surface area contributed by atoms with Crippen molar-refractivity contribution in [1.82, 2.24) is 0 Å². The molecule has 0 radical (unpaired) electrons. The number of hydrogen-bond acceptors (Lipinski definition) is 2. The third-order valence-electron chi connectivity index (χ3n) is 5.33. The second-order valence-corrected chi connectivity index (χ2v) is 17.7. The molecule has 0 N–H and O–H groups in total. The number of benzene rings is 1. The van der Waals surface area contributed by atoms with E-state index in [1.807, 2.05) is 0 Å². The SMILES string of the molecule is CCC[Si]1(C)C2=C1C1=[C]([Ti+2])c3ccccc3C1=C(O[Si](C)(C)C)C2=O.[Cl-].[Cl-]. The molecule has 141 valence electrons. The molecular formula is C20H23Cl2O2Si2Ti. The minimum Gasteiger partial charge on any atom is -1.00 e. The summed E-state index contributed by atoms with van der Waals surface area (Å²) in [5.41, 5.74) is 4.88. The van der Waals surface area contributed by atoms with Crippen molar-refractivity contribution < 1.29 is 54.5 Å². The van der Waals surface area contributed by atoms with E-state index in [4.69, 9.17) is 4.43 Å². The summed E-state index contributed by atoms with van der Waals surface area (Å²) in [5.74, 6) is 0.841. The van der Waals surface area contributed by atoms with Crippen LogP contribution < -0.4 is 24.8 Å². The normalized spacial score (nSPS) is 22.7. The van der Waals surface area contributed by atoms with Gasteiger partial charge in [0.05, 0.1) is 0 Å². The molecule has 0 aromatic heterocycles. The van der Waals surface area contributed by atoms with Crippen molar-refractivity contribution in [3.8, 4) is 0 Å². The van der Waals surface area contributed by atoms with Crippen molar-refractivity contribution >= 4 is 31.6 Å². The molecule has 0 bridgehead atoms. The van der Waals surface area contributed by atoms with Gasteiger partial charge >= 0.3 is 164 Å². The largest absolute Gasteiger partial charge is 1.00 e. The van der Waals surface area contributed by atoms with Gasteiger partial charge in [0.25, 0.3) is 0 Å². The first-order chi connectivity index (χ1) is 11.7. The van der Waals surface area contributed by atoms with E-state index in [0.29, 0.717) is 5.76 Å². The molecule has 2 aliphatic carbocycles. The molecule has 0 spiro atoms. The Kier molecular flexibility index (Phi) is 6.34. The molecule has 2 nitrogen and oxygen atoms in total. The Hall–Kier alpha value is -0.362. The molecule has 27 heavy (non-hydrogen) atoms. The maximum Gasteiger partial charge on any atom is -1.00 e. The van der Waals surface area contributed by atoms with E-state index in [0.717, 1.165) is 17.2 Å². The van der Waals surface area contributed by atoms with Gasteiger partial charge in [0.15, 0.2) is 0 Å². The van der Waals surface area contributed by atoms with Crippen LogP contribution in [0.5, 0.6) is 0 Å². The maximum atomic E-state index is 13.4. The standard InChI is InChI=1S/C20H23O2Si2.2ClH.Ti/c1-6-11-24(5)19-15-12-13-9-7-8-10-14(13)16(15)18(17(21)20(19)24)22-23(2,3)4;;;/h7-10H,6,11H2,1-5H3;2*1H;/q;;;+2/p-2. The smallest absolute Gasteiger partial charge is 1.00 e. The van der Waals surface area contributed by atoms with Crippen LogP contribution in [0.2, 0.25) is 32.2 Å². The van der Waals surface area contributed by atoms with Crippen molar-refractivity contribution in [2.24, 2.45) is 0 Å². The zero-order valence-corrected chi connectivity index (χ0v) is 21.4. The Bertz CT molecular complexity index is 928. The first-order valence-electron chi connectivity index (χ1n) is 9.00. The first-order valence-corrected chi connectivity index (χ1v) is 15.9. The summed E-state index contributed by atoms with van der Waals surface area (Å²) < 4.78 is 7.73. The van der Waals surface area contributed by atoms with Crippen molar-refractivity contribution in [1.29, 1.82) is 0 Å². The molecule has 1 aliphatic heterocycles. The fourth-order valence-corrected chi connectivity index (χ4v) is 10.7. The van der Waals surface area contributed by atoms with Crippen molar-refractivity contribution in [3.05, 3.63) is 57.1 Å². The predicted molar refractivity (Wildman–Crippen MR) is 103 cm³/mol. The molecule has 1 aromatic rings. The second-order valence-electron chi connectivity index (χ2n) is 8.38. The van der Waals surface area contributed by atoms with Crippen LogP contribution in [-0.2, 0) is 29.7 Å². The number of rotatable bonds is 4. The summed E-state index contributed by atoms with van der Waals surface area (Å²) in [4.78, 5) is 13.4. The van der Waals surface area contributed by atoms with Crippen molar-refractivity contribution in [2.75, 3.05) is 0 Å². The van der Waals surface area contributed by atoms with Crippen LogP contribution in [0.4, 0.5) is 0 Å². The quantitative estimate of drug-likeness (QED) is 0.528. The molecule has 1 heterocycles. The Balaban J connectivity index is 0.00000131. The van der Waals surface area contributed by atoms with E-state index in [1.54, 1.807) is 0 Å². The van der Waals surface area contributed by atoms with Gasteiger partial charge in [-0.05, 0) is 0 Å². The molecular weight excluding hydrogens is 447 g/mol. The molecule has 1 atom stereocenters. The van der Waals surface area contributed by atoms with Crippen LogP contribution in [0.15, 0.2) is 46.0 Å². The third-order valence-corrected chi connectivity index (χ3v) is 11.4. The van der Waals surface area contributed by atoms with E-state index in [2.05, 4.69) is 77.8 Å². The molecule has 1 aromatic carbocycles. The van der Waals surface area contributed by atoms with Gasteiger partial charge in [-0.1, -0.05) is 0 Å². The maximum absolute atomic E-state index is 13.4. The van der Waals surface area contributed by atoms with Gasteiger partial charge in [-0.2, -0.15) is 0 Å². The molecule has 0 saturated heterocycles. The third kappa shape index (κ3) is 3.33. The fourth-order valence-electron chi connectivity index (χ4n) is 4.36. The summed E-state index contributed by atoms with van der Waals surface area (Å²) in [6.07, 6.45) is 1.14. The monoisotopic (exact) mass is 469 g/mol. The van der Waals surface area contributed by atoms with Crippen molar-refractivity contribution in [2.45, 2.75) is 45.6 Å². The summed E-state index contributed by atoms with van der Waals surface area (Å²) in [7, 11) is -3.60. The summed E-state index contributed by atoms with van der Waals surface area (Å²) in [5, 5.41) is 2.57. The number of hydrogen-bond donors (Lipinski definition) is 0. The Morgan fingerprint density at radius 3 is 2.19 bits per heavy atom. The van der Waals surface area contributed by atoms with Gasteiger partial charge < -0.3 is 24.8 Å². The molecule has 1 unspecified atom stereocenters. The van der Waals surface area contributed by atoms with Crippen LogP contribution in [0.3, 0.4) is 0 Å². The van der Waals surface area contributed by atoms with Gasteiger partial charge in [-0.25, -0.2) is 0 Å². The average Bonchev–Trinajstić information content (AvgIpc) is 3.02. The summed E-state index contributed by atoms with van der Waals surface area (Å²) >= 11 is 2.22. The molecule has 7 heteroatoms. The molecule has 4 rings (SSSR count). The van der Waals surface area contributed by atoms with Gasteiger partial charge in [-0.3, -0.25) is 0 Å². The van der Waals surface area contributed by atoms with E-state index in [-0.39, 0.29) is 30.6 Å². The number of halogens is 2. The zero-order chi connectivity index (χ0) is 18.1. The Morgan fingerprint density at radius 1 is 1.04 bits per heavy atom. The van der Waals surface area contributed by atoms with Crippen LogP contribution in [0.25, 0.3) is 9.45 Å². The number of carbonyl (C=O) groups excluding carboxylic acids is 1. The molecule has 0 saturated carbocycles. The van der Waals surface area contributed by atoms with Gasteiger partial charge in [-0.15, -0.1) is 0 Å². The molecule has 0 amide bonds. The average molecular weight is 470 g/mol. The number of carbonyl (C=O) groups is 1. The van der Waals surface area contributed by atoms with E-state index >= 15 is 0 Å². The van der Waals surface area contributed by atoms with E-state index in [9.17, 15) is 4.79 Å². The van der Waals surface area contributed by atoms with Gasteiger partial charge in [0, 0.05) is 0 Å².